The van der Waals surface area contributed by atoms with Crippen molar-refractivity contribution in [3.63, 3.8) is 0 Å². The van der Waals surface area contributed by atoms with Crippen LogP contribution in [0.25, 0.3) is 0 Å². The first kappa shape index (κ1) is 24.0. The van der Waals surface area contributed by atoms with E-state index in [-0.39, 0.29) is 26.4 Å². The molecule has 0 radical (unpaired) electrons. The molecule has 9 unspecified atom stereocenters. The zero-order valence-corrected chi connectivity index (χ0v) is 21.3. The Balaban J connectivity index is 2.02. The number of halogens is 2. The van der Waals surface area contributed by atoms with E-state index in [0.717, 1.165) is 12.8 Å². The summed E-state index contributed by atoms with van der Waals surface area (Å²) in [5, 5.41) is 34.6. The molecule has 3 fully saturated rings. The fraction of sp³-hybridized carbons (Fsp3) is 0.955. The highest BCUT2D eigenvalue weighted by molar-refractivity contribution is 9.09. The highest BCUT2D eigenvalue weighted by atomic mass is 79.9. The Morgan fingerprint density at radius 3 is 2.21 bits per heavy atom. The minimum atomic E-state index is -1.28. The fourth-order valence-electron chi connectivity index (χ4n) is 6.79. The van der Waals surface area contributed by atoms with E-state index in [0.29, 0.717) is 25.7 Å². The number of rotatable bonds is 3. The molecule has 3 N–H and O–H groups in total. The van der Waals surface area contributed by atoms with Crippen molar-refractivity contribution in [3.8, 4) is 0 Å². The monoisotopic (exact) mass is 538 g/mol. The number of esters is 1. The molecule has 0 saturated heterocycles. The molecule has 3 saturated carbocycles. The topological polar surface area (TPSA) is 87.0 Å². The Bertz CT molecular complexity index is 653. The number of hydrogen-bond donors (Lipinski definition) is 3. The average Bonchev–Trinajstić information content (AvgIpc) is 2.88. The Kier molecular flexibility index (Phi) is 6.38. The SMILES string of the molecule is CC(=O)OC1CC2(C)C(Br)CCC(C)(O)C2C1C(O)C1(O)CCC(Br)C(C)(C)C1. The van der Waals surface area contributed by atoms with Gasteiger partial charge in [-0.15, -0.1) is 0 Å². The van der Waals surface area contributed by atoms with Gasteiger partial charge >= 0.3 is 5.97 Å². The number of alkyl halides is 2. The van der Waals surface area contributed by atoms with E-state index in [1.807, 2.05) is 6.92 Å². The molecule has 168 valence electrons. The molecule has 0 amide bonds. The van der Waals surface area contributed by atoms with Crippen LogP contribution in [0.3, 0.4) is 0 Å². The lowest BCUT2D eigenvalue weighted by atomic mass is 9.57. The normalized spacial score (nSPS) is 50.6. The van der Waals surface area contributed by atoms with Gasteiger partial charge in [-0.05, 0) is 56.3 Å². The van der Waals surface area contributed by atoms with Gasteiger partial charge in [0.15, 0.2) is 0 Å². The van der Waals surface area contributed by atoms with Gasteiger partial charge in [0.05, 0.1) is 17.3 Å². The number of carbonyl (C=O) groups is 1. The average molecular weight is 540 g/mol. The maximum Gasteiger partial charge on any atom is 0.302 e. The third-order valence-corrected chi connectivity index (χ3v) is 11.3. The van der Waals surface area contributed by atoms with Crippen molar-refractivity contribution in [2.45, 2.75) is 106 Å². The summed E-state index contributed by atoms with van der Waals surface area (Å²) in [4.78, 5) is 12.3. The van der Waals surface area contributed by atoms with Gasteiger partial charge in [0.2, 0.25) is 0 Å². The first-order valence-electron chi connectivity index (χ1n) is 10.7. The summed E-state index contributed by atoms with van der Waals surface area (Å²) < 4.78 is 5.70. The van der Waals surface area contributed by atoms with Crippen LogP contribution in [0.5, 0.6) is 0 Å². The molecular weight excluding hydrogens is 504 g/mol. The molecular formula is C22H36Br2O5. The zero-order chi connectivity index (χ0) is 22.0. The first-order valence-corrected chi connectivity index (χ1v) is 12.6. The Morgan fingerprint density at radius 1 is 1.07 bits per heavy atom. The molecule has 7 heteroatoms. The van der Waals surface area contributed by atoms with E-state index in [4.69, 9.17) is 4.74 Å². The molecule has 0 spiro atoms. The van der Waals surface area contributed by atoms with Crippen molar-refractivity contribution in [1.29, 1.82) is 0 Å². The first-order chi connectivity index (χ1) is 13.1. The second-order valence-electron chi connectivity index (χ2n) is 11.0. The van der Waals surface area contributed by atoms with E-state index >= 15 is 0 Å². The van der Waals surface area contributed by atoms with Crippen LogP contribution in [0, 0.1) is 22.7 Å². The van der Waals surface area contributed by atoms with Crippen LogP contribution in [0.2, 0.25) is 0 Å². The van der Waals surface area contributed by atoms with Crippen LogP contribution < -0.4 is 0 Å². The van der Waals surface area contributed by atoms with Crippen molar-refractivity contribution in [3.05, 3.63) is 0 Å². The molecule has 0 aromatic carbocycles. The summed E-state index contributed by atoms with van der Waals surface area (Å²) in [6.45, 7) is 9.50. The Labute approximate surface area is 191 Å². The standard InChI is InChI=1S/C22H36Br2O5/c1-12(25)29-13-10-20(4)15(24)6-8-21(5,27)17(20)16(13)18(26)22(28)9-7-14(23)19(2,3)11-22/h13-18,26-28H,6-11H2,1-5H3. The zero-order valence-electron chi connectivity index (χ0n) is 18.1. The van der Waals surface area contributed by atoms with Gasteiger partial charge in [-0.2, -0.15) is 0 Å². The van der Waals surface area contributed by atoms with E-state index in [2.05, 4.69) is 52.6 Å². The minimum absolute atomic E-state index is 0.153. The van der Waals surface area contributed by atoms with Crippen LogP contribution in [0.4, 0.5) is 0 Å². The molecule has 0 bridgehead atoms. The quantitative estimate of drug-likeness (QED) is 0.373. The van der Waals surface area contributed by atoms with Gasteiger partial charge in [0.25, 0.3) is 0 Å². The smallest absolute Gasteiger partial charge is 0.302 e. The summed E-state index contributed by atoms with van der Waals surface area (Å²) in [5.41, 5.74) is -2.80. The summed E-state index contributed by atoms with van der Waals surface area (Å²) >= 11 is 7.53. The van der Waals surface area contributed by atoms with E-state index < -0.39 is 35.3 Å². The number of fused-ring (bicyclic) bond motifs is 1. The molecule has 29 heavy (non-hydrogen) atoms. The molecule has 5 nitrogen and oxygen atoms in total. The molecule has 3 rings (SSSR count). The highest BCUT2D eigenvalue weighted by Gasteiger charge is 2.66. The van der Waals surface area contributed by atoms with Crippen LogP contribution in [-0.4, -0.2) is 54.4 Å². The maximum atomic E-state index is 11.9. The molecule has 0 aromatic rings. The minimum Gasteiger partial charge on any atom is -0.462 e. The van der Waals surface area contributed by atoms with Gasteiger partial charge in [-0.3, -0.25) is 4.79 Å². The van der Waals surface area contributed by atoms with Crippen LogP contribution in [-0.2, 0) is 9.53 Å². The highest BCUT2D eigenvalue weighted by Crippen LogP contribution is 2.63. The molecule has 9 atom stereocenters. The van der Waals surface area contributed by atoms with Crippen molar-refractivity contribution < 1.29 is 24.9 Å². The van der Waals surface area contributed by atoms with E-state index in [1.165, 1.54) is 6.92 Å². The van der Waals surface area contributed by atoms with Crippen LogP contribution in [0.15, 0.2) is 0 Å². The number of aliphatic hydroxyl groups excluding tert-OH is 1. The van der Waals surface area contributed by atoms with Crippen molar-refractivity contribution >= 4 is 37.8 Å². The lowest BCUT2D eigenvalue weighted by Gasteiger charge is -2.54. The van der Waals surface area contributed by atoms with Crippen molar-refractivity contribution in [1.82, 2.24) is 0 Å². The fourth-order valence-corrected chi connectivity index (χ4v) is 7.88. The Hall–Kier alpha value is 0.310. The molecule has 3 aliphatic carbocycles. The predicted molar refractivity (Wildman–Crippen MR) is 119 cm³/mol. The van der Waals surface area contributed by atoms with Crippen molar-refractivity contribution in [2.75, 3.05) is 0 Å². The molecule has 0 aromatic heterocycles. The van der Waals surface area contributed by atoms with E-state index in [9.17, 15) is 20.1 Å². The number of hydrogen-bond acceptors (Lipinski definition) is 5. The summed E-state index contributed by atoms with van der Waals surface area (Å²) in [7, 11) is 0. The lowest BCUT2D eigenvalue weighted by molar-refractivity contribution is -0.189. The third-order valence-electron chi connectivity index (χ3n) is 8.13. The van der Waals surface area contributed by atoms with Gasteiger partial charge in [-0.25, -0.2) is 0 Å². The molecule has 3 aliphatic rings. The van der Waals surface area contributed by atoms with Gasteiger partial charge in [-0.1, -0.05) is 52.6 Å². The number of ether oxygens (including phenoxy) is 1. The largest absolute Gasteiger partial charge is 0.462 e. The Morgan fingerprint density at radius 2 is 1.66 bits per heavy atom. The van der Waals surface area contributed by atoms with Crippen molar-refractivity contribution in [2.24, 2.45) is 22.7 Å². The second kappa shape index (κ2) is 7.72. The second-order valence-corrected chi connectivity index (χ2v) is 13.2. The summed E-state index contributed by atoms with van der Waals surface area (Å²) in [6.07, 6.45) is 2.05. The molecule has 0 aliphatic heterocycles. The summed E-state index contributed by atoms with van der Waals surface area (Å²) in [6, 6.07) is 0. The predicted octanol–water partition coefficient (Wildman–Crippen LogP) is 3.93. The van der Waals surface area contributed by atoms with E-state index in [1.54, 1.807) is 0 Å². The van der Waals surface area contributed by atoms with Gasteiger partial charge in [0, 0.05) is 28.4 Å². The third kappa shape index (κ3) is 4.08. The summed E-state index contributed by atoms with van der Waals surface area (Å²) in [5.74, 6) is -1.20. The number of aliphatic hydroxyl groups is 3. The maximum absolute atomic E-state index is 11.9. The van der Waals surface area contributed by atoms with Crippen LogP contribution >= 0.6 is 31.9 Å². The van der Waals surface area contributed by atoms with Gasteiger partial charge < -0.3 is 20.1 Å². The number of carbonyl (C=O) groups excluding carboxylic acids is 1. The van der Waals surface area contributed by atoms with Gasteiger partial charge in [0.1, 0.15) is 6.10 Å². The lowest BCUT2D eigenvalue weighted by Crippen LogP contribution is -2.60. The molecule has 0 heterocycles. The van der Waals surface area contributed by atoms with Crippen LogP contribution in [0.1, 0.15) is 73.1 Å².